The summed E-state index contributed by atoms with van der Waals surface area (Å²) in [4.78, 5) is 26.4. The lowest BCUT2D eigenvalue weighted by atomic mass is 10.0. The minimum absolute atomic E-state index is 0.0653. The lowest BCUT2D eigenvalue weighted by Crippen LogP contribution is -2.51. The Morgan fingerprint density at radius 2 is 1.71 bits per heavy atom. The lowest BCUT2D eigenvalue weighted by Gasteiger charge is -2.29. The molecule has 134 valence electrons. The number of methoxy groups -OCH3 is 1. The van der Waals surface area contributed by atoms with Crippen LogP contribution in [0.3, 0.4) is 0 Å². The number of carbonyl (C=O) groups is 2. The van der Waals surface area contributed by atoms with Gasteiger partial charge in [0, 0.05) is 12.2 Å². The van der Waals surface area contributed by atoms with E-state index in [1.165, 1.54) is 0 Å². The van der Waals surface area contributed by atoms with E-state index >= 15 is 0 Å². The van der Waals surface area contributed by atoms with Crippen molar-refractivity contribution in [3.8, 4) is 5.75 Å². The van der Waals surface area contributed by atoms with Gasteiger partial charge in [0.15, 0.2) is 0 Å². The molecule has 0 fully saturated rings. The monoisotopic (exact) mass is 336 g/mol. The highest BCUT2D eigenvalue weighted by molar-refractivity contribution is 5.98. The average molecular weight is 336 g/mol. The first kappa shape index (κ1) is 19.8. The number of alkyl carbamates (subject to hydrolysis) is 1. The normalized spacial score (nSPS) is 12.0. The van der Waals surface area contributed by atoms with Crippen molar-refractivity contribution in [2.24, 2.45) is 5.92 Å². The van der Waals surface area contributed by atoms with Gasteiger partial charge < -0.3 is 19.7 Å². The largest absolute Gasteiger partial charge is 0.497 e. The third-order valence-electron chi connectivity index (χ3n) is 3.52. The molecule has 1 aromatic carbocycles. The molecule has 0 saturated heterocycles. The summed E-state index contributed by atoms with van der Waals surface area (Å²) < 4.78 is 10.2. The van der Waals surface area contributed by atoms with Crippen LogP contribution < -0.4 is 15.0 Å². The van der Waals surface area contributed by atoms with E-state index in [0.717, 1.165) is 11.4 Å². The molecule has 0 spiro atoms. The fourth-order valence-electron chi connectivity index (χ4n) is 2.28. The van der Waals surface area contributed by atoms with Crippen molar-refractivity contribution in [1.82, 2.24) is 5.32 Å². The summed E-state index contributed by atoms with van der Waals surface area (Å²) >= 11 is 0. The Morgan fingerprint density at radius 3 is 2.12 bits per heavy atom. The quantitative estimate of drug-likeness (QED) is 0.830. The van der Waals surface area contributed by atoms with Gasteiger partial charge in [-0.25, -0.2) is 4.79 Å². The van der Waals surface area contributed by atoms with Gasteiger partial charge in [0.05, 0.1) is 13.2 Å². The van der Waals surface area contributed by atoms with Gasteiger partial charge in [0.1, 0.15) is 11.8 Å². The van der Waals surface area contributed by atoms with Crippen LogP contribution >= 0.6 is 0 Å². The molecular weight excluding hydrogens is 308 g/mol. The molecule has 1 atom stereocenters. The number of hydrogen-bond acceptors (Lipinski definition) is 4. The summed E-state index contributed by atoms with van der Waals surface area (Å²) in [5.74, 6) is 0.490. The van der Waals surface area contributed by atoms with Crippen LogP contribution in [0.25, 0.3) is 0 Å². The van der Waals surface area contributed by atoms with Crippen LogP contribution in [0.1, 0.15) is 34.6 Å². The van der Waals surface area contributed by atoms with Crippen LogP contribution in [-0.4, -0.2) is 37.8 Å². The van der Waals surface area contributed by atoms with Crippen molar-refractivity contribution in [3.63, 3.8) is 0 Å². The maximum atomic E-state index is 12.9. The van der Waals surface area contributed by atoms with E-state index in [1.54, 1.807) is 38.0 Å². The standard InChI is InChI=1S/C18H28N2O4/c1-7-20(14-8-10-15(23-6)11-9-14)17(21)16(12(2)3)19-18(22)24-13(4)5/h8-13,16H,7H2,1-6H3,(H,19,22)/t16-/m0/s1. The molecular formula is C18H28N2O4. The lowest BCUT2D eigenvalue weighted by molar-refractivity contribution is -0.121. The van der Waals surface area contributed by atoms with Gasteiger partial charge in [0.25, 0.3) is 0 Å². The summed E-state index contributed by atoms with van der Waals surface area (Å²) in [6.45, 7) is 9.70. The smallest absolute Gasteiger partial charge is 0.408 e. The summed E-state index contributed by atoms with van der Waals surface area (Å²) in [5, 5.41) is 2.68. The van der Waals surface area contributed by atoms with Crippen molar-refractivity contribution in [2.75, 3.05) is 18.6 Å². The Labute approximate surface area is 144 Å². The summed E-state index contributed by atoms with van der Waals surface area (Å²) in [6, 6.07) is 6.60. The molecule has 24 heavy (non-hydrogen) atoms. The number of ether oxygens (including phenoxy) is 2. The number of rotatable bonds is 7. The molecule has 0 aliphatic rings. The first-order chi connectivity index (χ1) is 11.3. The Bertz CT molecular complexity index is 540. The van der Waals surface area contributed by atoms with Crippen LogP contribution in [0.5, 0.6) is 5.75 Å². The summed E-state index contributed by atoms with van der Waals surface area (Å²) in [5.41, 5.74) is 0.757. The maximum absolute atomic E-state index is 12.9. The summed E-state index contributed by atoms with van der Waals surface area (Å²) in [7, 11) is 1.59. The van der Waals surface area contributed by atoms with E-state index < -0.39 is 12.1 Å². The van der Waals surface area contributed by atoms with Gasteiger partial charge in [-0.2, -0.15) is 0 Å². The first-order valence-corrected chi connectivity index (χ1v) is 8.22. The number of nitrogens with one attached hydrogen (secondary N) is 1. The van der Waals surface area contributed by atoms with Crippen molar-refractivity contribution < 1.29 is 19.1 Å². The van der Waals surface area contributed by atoms with Gasteiger partial charge in [-0.15, -0.1) is 0 Å². The van der Waals surface area contributed by atoms with E-state index in [0.29, 0.717) is 6.54 Å². The SMILES string of the molecule is CCN(C(=O)[C@@H](NC(=O)OC(C)C)C(C)C)c1ccc(OC)cc1. The van der Waals surface area contributed by atoms with Crippen LogP contribution in [0.15, 0.2) is 24.3 Å². The molecule has 1 rings (SSSR count). The molecule has 6 nitrogen and oxygen atoms in total. The molecule has 1 aromatic rings. The minimum atomic E-state index is -0.654. The average Bonchev–Trinajstić information content (AvgIpc) is 2.52. The maximum Gasteiger partial charge on any atom is 0.408 e. The number of carbonyl (C=O) groups excluding carboxylic acids is 2. The first-order valence-electron chi connectivity index (χ1n) is 8.22. The highest BCUT2D eigenvalue weighted by Gasteiger charge is 2.29. The fraction of sp³-hybridized carbons (Fsp3) is 0.556. The molecule has 0 saturated carbocycles. The summed E-state index contributed by atoms with van der Waals surface area (Å²) in [6.07, 6.45) is -0.820. The Balaban J connectivity index is 2.94. The predicted molar refractivity (Wildman–Crippen MR) is 94.4 cm³/mol. The zero-order valence-electron chi connectivity index (χ0n) is 15.3. The number of benzene rings is 1. The highest BCUT2D eigenvalue weighted by atomic mass is 16.6. The third kappa shape index (κ3) is 5.44. The van der Waals surface area contributed by atoms with E-state index in [9.17, 15) is 9.59 Å². The van der Waals surface area contributed by atoms with Crippen molar-refractivity contribution in [1.29, 1.82) is 0 Å². The van der Waals surface area contributed by atoms with Gasteiger partial charge in [-0.1, -0.05) is 13.8 Å². The minimum Gasteiger partial charge on any atom is -0.497 e. The van der Waals surface area contributed by atoms with E-state index in [-0.39, 0.29) is 17.9 Å². The number of likely N-dealkylation sites (N-methyl/N-ethyl adjacent to an activating group) is 1. The molecule has 1 N–H and O–H groups in total. The predicted octanol–water partition coefficient (Wildman–Crippen LogP) is 3.21. The molecule has 0 bridgehead atoms. The van der Waals surface area contributed by atoms with Crippen molar-refractivity contribution in [3.05, 3.63) is 24.3 Å². The molecule has 0 unspecified atom stereocenters. The zero-order valence-corrected chi connectivity index (χ0v) is 15.3. The number of nitrogens with zero attached hydrogens (tertiary/aromatic N) is 1. The third-order valence-corrected chi connectivity index (χ3v) is 3.52. The molecule has 6 heteroatoms. The Hall–Kier alpha value is -2.24. The van der Waals surface area contributed by atoms with Crippen molar-refractivity contribution in [2.45, 2.75) is 46.8 Å². The molecule has 0 aliphatic heterocycles. The second-order valence-corrected chi connectivity index (χ2v) is 6.10. The molecule has 2 amide bonds. The van der Waals surface area contributed by atoms with Crippen LogP contribution in [0.2, 0.25) is 0 Å². The van der Waals surface area contributed by atoms with Gasteiger partial charge in [0.2, 0.25) is 5.91 Å². The second-order valence-electron chi connectivity index (χ2n) is 6.10. The highest BCUT2D eigenvalue weighted by Crippen LogP contribution is 2.21. The zero-order chi connectivity index (χ0) is 18.3. The molecule has 0 aliphatic carbocycles. The number of hydrogen-bond donors (Lipinski definition) is 1. The van der Waals surface area contributed by atoms with Crippen LogP contribution in [0.4, 0.5) is 10.5 Å². The molecule has 0 radical (unpaired) electrons. The van der Waals surface area contributed by atoms with E-state index in [2.05, 4.69) is 5.32 Å². The van der Waals surface area contributed by atoms with Crippen LogP contribution in [0, 0.1) is 5.92 Å². The van der Waals surface area contributed by atoms with Crippen LogP contribution in [-0.2, 0) is 9.53 Å². The fourth-order valence-corrected chi connectivity index (χ4v) is 2.28. The Morgan fingerprint density at radius 1 is 1.12 bits per heavy atom. The van der Waals surface area contributed by atoms with Gasteiger partial charge in [-0.3, -0.25) is 4.79 Å². The number of anilines is 1. The molecule has 0 heterocycles. The topological polar surface area (TPSA) is 67.9 Å². The van der Waals surface area contributed by atoms with E-state index in [4.69, 9.17) is 9.47 Å². The van der Waals surface area contributed by atoms with Crippen molar-refractivity contribution >= 4 is 17.7 Å². The molecule has 0 aromatic heterocycles. The van der Waals surface area contributed by atoms with Gasteiger partial charge in [-0.05, 0) is 51.0 Å². The van der Waals surface area contributed by atoms with E-state index in [1.807, 2.05) is 32.9 Å². The Kier molecular flexibility index (Phi) is 7.55. The second kappa shape index (κ2) is 9.15. The van der Waals surface area contributed by atoms with Gasteiger partial charge >= 0.3 is 6.09 Å². The number of amides is 2.